The number of nitrogens with zero attached hydrogens (tertiary/aromatic N) is 2. The number of halogens is 2. The van der Waals surface area contributed by atoms with Crippen molar-refractivity contribution in [2.24, 2.45) is 0 Å². The molecule has 1 aliphatic rings. The Hall–Kier alpha value is -2.23. The molecule has 1 saturated heterocycles. The number of anilines is 1. The molecule has 8 nitrogen and oxygen atoms in total. The Bertz CT molecular complexity index is 701. The summed E-state index contributed by atoms with van der Waals surface area (Å²) in [6.45, 7) is 6.34. The number of alkyl halides is 2. The highest BCUT2D eigenvalue weighted by atomic mass is 19.3. The highest BCUT2D eigenvalue weighted by molar-refractivity contribution is 5.61. The van der Waals surface area contributed by atoms with Crippen LogP contribution in [0.1, 0.15) is 40.3 Å². The second-order valence-corrected chi connectivity index (χ2v) is 6.65. The van der Waals surface area contributed by atoms with E-state index in [1.807, 2.05) is 0 Å². The monoisotopic (exact) mass is 361 g/mol. The SMILES string of the molecule is CCC1OC(n2ccc(N)nc2=O)C(F)(F)C1OC(=O)OC(C)(C)C. The number of hydrogen-bond donors (Lipinski definition) is 1. The first kappa shape index (κ1) is 19.1. The molecule has 0 spiro atoms. The molecule has 0 aliphatic carbocycles. The summed E-state index contributed by atoms with van der Waals surface area (Å²) in [6.07, 6.45) is -5.02. The van der Waals surface area contributed by atoms with Gasteiger partial charge in [0.05, 0.1) is 0 Å². The lowest BCUT2D eigenvalue weighted by Crippen LogP contribution is -2.44. The fourth-order valence-electron chi connectivity index (χ4n) is 2.41. The van der Waals surface area contributed by atoms with E-state index in [4.69, 9.17) is 19.9 Å². The summed E-state index contributed by atoms with van der Waals surface area (Å²) in [4.78, 5) is 27.0. The van der Waals surface area contributed by atoms with Crippen molar-refractivity contribution in [3.05, 3.63) is 22.7 Å². The number of nitrogen functional groups attached to an aromatic ring is 1. The molecule has 1 aromatic rings. The van der Waals surface area contributed by atoms with E-state index in [1.54, 1.807) is 27.7 Å². The van der Waals surface area contributed by atoms with Crippen LogP contribution in [0.25, 0.3) is 0 Å². The van der Waals surface area contributed by atoms with Crippen molar-refractivity contribution in [3.8, 4) is 0 Å². The zero-order chi connectivity index (χ0) is 19.0. The zero-order valence-corrected chi connectivity index (χ0v) is 14.4. The first-order valence-electron chi connectivity index (χ1n) is 7.73. The third-order valence-corrected chi connectivity index (χ3v) is 3.47. The van der Waals surface area contributed by atoms with Crippen molar-refractivity contribution in [2.75, 3.05) is 5.73 Å². The fraction of sp³-hybridized carbons (Fsp3) is 0.667. The van der Waals surface area contributed by atoms with Crippen LogP contribution in [-0.2, 0) is 14.2 Å². The van der Waals surface area contributed by atoms with E-state index in [2.05, 4.69) is 4.98 Å². The molecular weight excluding hydrogens is 340 g/mol. The maximum atomic E-state index is 14.8. The van der Waals surface area contributed by atoms with Gasteiger partial charge in [0.1, 0.15) is 17.5 Å². The van der Waals surface area contributed by atoms with Gasteiger partial charge in [-0.05, 0) is 33.3 Å². The lowest BCUT2D eigenvalue weighted by atomic mass is 10.1. The highest BCUT2D eigenvalue weighted by Crippen LogP contribution is 2.45. The number of aromatic nitrogens is 2. The van der Waals surface area contributed by atoms with Gasteiger partial charge in [-0.1, -0.05) is 6.92 Å². The van der Waals surface area contributed by atoms with E-state index < -0.39 is 41.8 Å². The molecule has 2 rings (SSSR count). The quantitative estimate of drug-likeness (QED) is 0.822. The van der Waals surface area contributed by atoms with Crippen LogP contribution in [0.4, 0.5) is 19.4 Å². The third kappa shape index (κ3) is 4.06. The summed E-state index contributed by atoms with van der Waals surface area (Å²) < 4.78 is 45.2. The summed E-state index contributed by atoms with van der Waals surface area (Å²) in [6, 6.07) is 1.20. The molecule has 2 N–H and O–H groups in total. The highest BCUT2D eigenvalue weighted by Gasteiger charge is 2.62. The second-order valence-electron chi connectivity index (χ2n) is 6.65. The Morgan fingerprint density at radius 2 is 2.12 bits per heavy atom. The Labute approximate surface area is 142 Å². The molecule has 0 aromatic carbocycles. The van der Waals surface area contributed by atoms with Gasteiger partial charge in [-0.3, -0.25) is 4.57 Å². The van der Waals surface area contributed by atoms with Crippen LogP contribution >= 0.6 is 0 Å². The Morgan fingerprint density at radius 3 is 2.64 bits per heavy atom. The van der Waals surface area contributed by atoms with E-state index in [0.717, 1.165) is 6.20 Å². The lowest BCUT2D eigenvalue weighted by molar-refractivity contribution is -0.149. The number of carbonyl (C=O) groups excluding carboxylic acids is 1. The van der Waals surface area contributed by atoms with Crippen molar-refractivity contribution < 1.29 is 27.8 Å². The van der Waals surface area contributed by atoms with Gasteiger partial charge < -0.3 is 19.9 Å². The van der Waals surface area contributed by atoms with Gasteiger partial charge in [0.25, 0.3) is 0 Å². The molecular formula is C15H21F2N3O5. The maximum Gasteiger partial charge on any atom is 0.509 e. The summed E-state index contributed by atoms with van der Waals surface area (Å²) in [5, 5.41) is 0. The topological polar surface area (TPSA) is 106 Å². The van der Waals surface area contributed by atoms with Crippen molar-refractivity contribution in [1.82, 2.24) is 9.55 Å². The van der Waals surface area contributed by atoms with Gasteiger partial charge >= 0.3 is 17.8 Å². The van der Waals surface area contributed by atoms with E-state index in [9.17, 15) is 18.4 Å². The fourth-order valence-corrected chi connectivity index (χ4v) is 2.41. The second kappa shape index (κ2) is 6.58. The molecule has 0 amide bonds. The first-order valence-corrected chi connectivity index (χ1v) is 7.73. The van der Waals surface area contributed by atoms with Crippen LogP contribution in [-0.4, -0.2) is 39.4 Å². The summed E-state index contributed by atoms with van der Waals surface area (Å²) in [7, 11) is 0. The molecule has 0 saturated carbocycles. The third-order valence-electron chi connectivity index (χ3n) is 3.47. The van der Waals surface area contributed by atoms with E-state index in [-0.39, 0.29) is 12.2 Å². The standard InChI is InChI=1S/C15H21F2N3O5/c1-5-8-10(24-13(22)25-14(2,3)4)15(16,17)11(23-8)20-7-6-9(18)19-12(20)21/h6-8,10-11H,5H2,1-4H3,(H2,18,19,21). The average molecular weight is 361 g/mol. The zero-order valence-electron chi connectivity index (χ0n) is 14.4. The van der Waals surface area contributed by atoms with E-state index >= 15 is 0 Å². The van der Waals surface area contributed by atoms with Gasteiger partial charge in [-0.25, -0.2) is 9.59 Å². The van der Waals surface area contributed by atoms with Gasteiger partial charge in [0.2, 0.25) is 6.23 Å². The van der Waals surface area contributed by atoms with Gasteiger partial charge in [0.15, 0.2) is 6.10 Å². The van der Waals surface area contributed by atoms with Crippen LogP contribution in [0, 0.1) is 0 Å². The van der Waals surface area contributed by atoms with Gasteiger partial charge in [-0.15, -0.1) is 0 Å². The molecule has 1 aliphatic heterocycles. The maximum absolute atomic E-state index is 14.8. The largest absolute Gasteiger partial charge is 0.509 e. The summed E-state index contributed by atoms with van der Waals surface area (Å²) in [5.41, 5.74) is 3.47. The number of nitrogens with two attached hydrogens (primary N) is 1. The molecule has 0 radical (unpaired) electrons. The Kier molecular flexibility index (Phi) is 5.03. The first-order chi connectivity index (χ1) is 11.5. The predicted molar refractivity (Wildman–Crippen MR) is 83.2 cm³/mol. The molecule has 140 valence electrons. The number of ether oxygens (including phenoxy) is 3. The molecule has 3 unspecified atom stereocenters. The van der Waals surface area contributed by atoms with E-state index in [1.165, 1.54) is 6.07 Å². The smallest absolute Gasteiger partial charge is 0.429 e. The normalized spacial score (nSPS) is 25.6. The van der Waals surface area contributed by atoms with Crippen molar-refractivity contribution in [3.63, 3.8) is 0 Å². The van der Waals surface area contributed by atoms with E-state index in [0.29, 0.717) is 4.57 Å². The summed E-state index contributed by atoms with van der Waals surface area (Å²) >= 11 is 0. The number of rotatable bonds is 3. The van der Waals surface area contributed by atoms with Crippen LogP contribution in [0.3, 0.4) is 0 Å². The van der Waals surface area contributed by atoms with Crippen molar-refractivity contribution >= 4 is 12.0 Å². The minimum Gasteiger partial charge on any atom is -0.429 e. The Balaban J connectivity index is 2.29. The van der Waals surface area contributed by atoms with Crippen LogP contribution < -0.4 is 11.4 Å². The average Bonchev–Trinajstić information content (AvgIpc) is 2.69. The van der Waals surface area contributed by atoms with Crippen LogP contribution in [0.2, 0.25) is 0 Å². The number of hydrogen-bond acceptors (Lipinski definition) is 7. The molecule has 3 atom stereocenters. The molecule has 1 fully saturated rings. The predicted octanol–water partition coefficient (Wildman–Crippen LogP) is 2.09. The molecule has 0 bridgehead atoms. The van der Waals surface area contributed by atoms with Crippen molar-refractivity contribution in [2.45, 2.75) is 64.1 Å². The van der Waals surface area contributed by atoms with Crippen molar-refractivity contribution in [1.29, 1.82) is 0 Å². The van der Waals surface area contributed by atoms with Gasteiger partial charge in [0, 0.05) is 6.20 Å². The molecule has 2 heterocycles. The molecule has 10 heteroatoms. The molecule has 25 heavy (non-hydrogen) atoms. The minimum absolute atomic E-state index is 0.101. The van der Waals surface area contributed by atoms with Gasteiger partial charge in [-0.2, -0.15) is 13.8 Å². The summed E-state index contributed by atoms with van der Waals surface area (Å²) in [5.74, 6) is -3.77. The Morgan fingerprint density at radius 1 is 1.48 bits per heavy atom. The lowest BCUT2D eigenvalue weighted by Gasteiger charge is -2.26. The van der Waals surface area contributed by atoms with Crippen LogP contribution in [0.5, 0.6) is 0 Å². The van der Waals surface area contributed by atoms with Crippen LogP contribution in [0.15, 0.2) is 17.1 Å². The minimum atomic E-state index is -3.67. The molecule has 1 aromatic heterocycles. The number of carbonyl (C=O) groups is 1.